The second kappa shape index (κ2) is 3.02. The van der Waals surface area contributed by atoms with Gasteiger partial charge in [-0.05, 0) is 25.7 Å². The van der Waals surface area contributed by atoms with E-state index in [9.17, 15) is 0 Å². The molecule has 1 rings (SSSR count). The predicted molar refractivity (Wildman–Crippen MR) is 40.4 cm³/mol. The summed E-state index contributed by atoms with van der Waals surface area (Å²) in [6, 6.07) is 0.723. The van der Waals surface area contributed by atoms with E-state index >= 15 is 0 Å². The molecule has 1 aliphatic heterocycles. The lowest BCUT2D eigenvalue weighted by Crippen LogP contribution is -2.35. The fourth-order valence-electron chi connectivity index (χ4n) is 1.22. The third-order valence-corrected chi connectivity index (χ3v) is 2.03. The van der Waals surface area contributed by atoms with Crippen LogP contribution in [0.3, 0.4) is 0 Å². The van der Waals surface area contributed by atoms with Crippen LogP contribution < -0.4 is 5.32 Å². The first kappa shape index (κ1) is 6.81. The van der Waals surface area contributed by atoms with E-state index in [1.54, 1.807) is 0 Å². The van der Waals surface area contributed by atoms with Gasteiger partial charge in [0.2, 0.25) is 0 Å². The van der Waals surface area contributed by atoms with Crippen molar-refractivity contribution in [2.75, 3.05) is 6.54 Å². The number of nitrogens with one attached hydrogen (secondary N) is 1. The topological polar surface area (TPSA) is 12.0 Å². The summed E-state index contributed by atoms with van der Waals surface area (Å²) < 4.78 is 0. The molecule has 0 aromatic heterocycles. The number of piperidine rings is 1. The quantitative estimate of drug-likeness (QED) is 0.524. The van der Waals surface area contributed by atoms with E-state index in [0.29, 0.717) is 0 Å². The zero-order valence-corrected chi connectivity index (χ0v) is 6.06. The van der Waals surface area contributed by atoms with Crippen LogP contribution >= 0.6 is 0 Å². The molecule has 9 heavy (non-hydrogen) atoms. The first-order valence-corrected chi connectivity index (χ1v) is 3.69. The van der Waals surface area contributed by atoms with Gasteiger partial charge in [-0.3, -0.25) is 0 Å². The van der Waals surface area contributed by atoms with Gasteiger partial charge in [0.25, 0.3) is 0 Å². The van der Waals surface area contributed by atoms with E-state index < -0.39 is 0 Å². The molecule has 0 spiro atoms. The molecule has 0 bridgehead atoms. The van der Waals surface area contributed by atoms with Gasteiger partial charge in [0.1, 0.15) is 0 Å². The van der Waals surface area contributed by atoms with Gasteiger partial charge in [-0.1, -0.05) is 6.08 Å². The summed E-state index contributed by atoms with van der Waals surface area (Å²) >= 11 is 0. The lowest BCUT2D eigenvalue weighted by molar-refractivity contribution is 0.367. The Morgan fingerprint density at radius 3 is 2.78 bits per heavy atom. The van der Waals surface area contributed by atoms with Crippen LogP contribution in [0.15, 0.2) is 12.7 Å². The normalized spacial score (nSPS) is 36.1. The molecule has 0 saturated carbocycles. The van der Waals surface area contributed by atoms with Crippen LogP contribution in [0.4, 0.5) is 0 Å². The molecule has 1 aliphatic rings. The van der Waals surface area contributed by atoms with E-state index in [-0.39, 0.29) is 0 Å². The van der Waals surface area contributed by atoms with Crippen molar-refractivity contribution in [2.24, 2.45) is 5.92 Å². The van der Waals surface area contributed by atoms with E-state index in [1.165, 1.54) is 12.8 Å². The molecule has 0 radical (unpaired) electrons. The third kappa shape index (κ3) is 1.83. The minimum absolute atomic E-state index is 0.723. The zero-order chi connectivity index (χ0) is 6.69. The molecule has 1 nitrogen and oxygen atoms in total. The third-order valence-electron chi connectivity index (χ3n) is 2.03. The maximum atomic E-state index is 3.77. The molecule has 52 valence electrons. The second-order valence-electron chi connectivity index (χ2n) is 2.88. The van der Waals surface area contributed by atoms with Crippen molar-refractivity contribution < 1.29 is 0 Å². The van der Waals surface area contributed by atoms with Gasteiger partial charge in [0.05, 0.1) is 0 Å². The Kier molecular flexibility index (Phi) is 2.29. The van der Waals surface area contributed by atoms with Crippen molar-refractivity contribution in [2.45, 2.75) is 25.8 Å². The molecule has 0 aliphatic carbocycles. The Morgan fingerprint density at radius 2 is 2.33 bits per heavy atom. The Balaban J connectivity index is 2.26. The van der Waals surface area contributed by atoms with Crippen LogP contribution in [-0.2, 0) is 0 Å². The molecule has 0 aromatic rings. The van der Waals surface area contributed by atoms with E-state index in [4.69, 9.17) is 0 Å². The van der Waals surface area contributed by atoms with Gasteiger partial charge < -0.3 is 5.32 Å². The van der Waals surface area contributed by atoms with Crippen molar-refractivity contribution >= 4 is 0 Å². The zero-order valence-electron chi connectivity index (χ0n) is 6.06. The molecule has 1 heteroatoms. The van der Waals surface area contributed by atoms with Crippen molar-refractivity contribution in [3.05, 3.63) is 12.7 Å². The van der Waals surface area contributed by atoms with Crippen molar-refractivity contribution in [1.29, 1.82) is 0 Å². The Hall–Kier alpha value is -0.300. The van der Waals surface area contributed by atoms with Crippen LogP contribution in [0.1, 0.15) is 19.8 Å². The maximum Gasteiger partial charge on any atom is 0.00391 e. The van der Waals surface area contributed by atoms with Gasteiger partial charge in [-0.15, -0.1) is 6.58 Å². The summed E-state index contributed by atoms with van der Waals surface area (Å²) in [5.74, 6) is 0.723. The Bertz CT molecular complexity index is 90.7. The highest BCUT2D eigenvalue weighted by Crippen LogP contribution is 2.13. The van der Waals surface area contributed by atoms with Gasteiger partial charge in [-0.25, -0.2) is 0 Å². The Morgan fingerprint density at radius 1 is 1.56 bits per heavy atom. The van der Waals surface area contributed by atoms with Gasteiger partial charge in [0, 0.05) is 12.6 Å². The molecule has 1 N–H and O–H groups in total. The molecule has 1 saturated heterocycles. The average molecular weight is 125 g/mol. The summed E-state index contributed by atoms with van der Waals surface area (Å²) in [6.07, 6.45) is 4.67. The second-order valence-corrected chi connectivity index (χ2v) is 2.88. The van der Waals surface area contributed by atoms with Crippen LogP contribution in [-0.4, -0.2) is 12.6 Å². The van der Waals surface area contributed by atoms with Gasteiger partial charge >= 0.3 is 0 Å². The molecule has 1 unspecified atom stereocenters. The standard InChI is InChI=1S/C8H15N/c1-3-8-5-4-7(2)9-6-8/h3,7-9H,1,4-6H2,2H3/t7-,8?/m1/s1. The summed E-state index contributed by atoms with van der Waals surface area (Å²) in [6.45, 7) is 7.13. The minimum atomic E-state index is 0.723. The summed E-state index contributed by atoms with van der Waals surface area (Å²) in [4.78, 5) is 0. The van der Waals surface area contributed by atoms with Crippen molar-refractivity contribution in [3.8, 4) is 0 Å². The van der Waals surface area contributed by atoms with E-state index in [1.807, 2.05) is 0 Å². The smallest absolute Gasteiger partial charge is 0.00391 e. The lowest BCUT2D eigenvalue weighted by atomic mass is 9.96. The molecular weight excluding hydrogens is 110 g/mol. The highest BCUT2D eigenvalue weighted by molar-refractivity contribution is 4.85. The molecular formula is C8H15N. The highest BCUT2D eigenvalue weighted by Gasteiger charge is 2.13. The Labute approximate surface area is 57.1 Å². The van der Waals surface area contributed by atoms with Crippen LogP contribution in [0.2, 0.25) is 0 Å². The van der Waals surface area contributed by atoms with E-state index in [2.05, 4.69) is 24.9 Å². The highest BCUT2D eigenvalue weighted by atomic mass is 14.9. The fourth-order valence-corrected chi connectivity index (χ4v) is 1.22. The summed E-state index contributed by atoms with van der Waals surface area (Å²) in [5.41, 5.74) is 0. The minimum Gasteiger partial charge on any atom is -0.314 e. The predicted octanol–water partition coefficient (Wildman–Crippen LogP) is 1.56. The van der Waals surface area contributed by atoms with Crippen LogP contribution in [0, 0.1) is 5.92 Å². The number of rotatable bonds is 1. The van der Waals surface area contributed by atoms with E-state index in [0.717, 1.165) is 18.5 Å². The average Bonchev–Trinajstić information content (AvgIpc) is 1.90. The molecule has 2 atom stereocenters. The first-order chi connectivity index (χ1) is 4.33. The number of hydrogen-bond donors (Lipinski definition) is 1. The lowest BCUT2D eigenvalue weighted by Gasteiger charge is -2.24. The fraction of sp³-hybridized carbons (Fsp3) is 0.750. The van der Waals surface area contributed by atoms with Crippen LogP contribution in [0.25, 0.3) is 0 Å². The summed E-state index contributed by atoms with van der Waals surface area (Å²) in [7, 11) is 0. The first-order valence-electron chi connectivity index (χ1n) is 3.69. The molecule has 0 amide bonds. The molecule has 1 fully saturated rings. The monoisotopic (exact) mass is 125 g/mol. The molecule has 0 aromatic carbocycles. The number of hydrogen-bond acceptors (Lipinski definition) is 1. The SMILES string of the molecule is C=CC1CC[C@@H](C)NC1. The maximum absolute atomic E-state index is 3.77. The summed E-state index contributed by atoms with van der Waals surface area (Å²) in [5, 5.41) is 3.41. The largest absolute Gasteiger partial charge is 0.314 e. The molecule has 1 heterocycles. The van der Waals surface area contributed by atoms with Crippen molar-refractivity contribution in [3.63, 3.8) is 0 Å². The van der Waals surface area contributed by atoms with Gasteiger partial charge in [-0.2, -0.15) is 0 Å². The van der Waals surface area contributed by atoms with Gasteiger partial charge in [0.15, 0.2) is 0 Å². The van der Waals surface area contributed by atoms with Crippen LogP contribution in [0.5, 0.6) is 0 Å². The van der Waals surface area contributed by atoms with Crippen molar-refractivity contribution in [1.82, 2.24) is 5.32 Å².